The summed E-state index contributed by atoms with van der Waals surface area (Å²) >= 11 is 0. The Balaban J connectivity index is 1.54. The number of nitrogens with zero attached hydrogens (tertiary/aromatic N) is 3. The van der Waals surface area contributed by atoms with Crippen LogP contribution in [-0.2, 0) is 6.18 Å². The maximum Gasteiger partial charge on any atom is 0.416 e. The van der Waals surface area contributed by atoms with Crippen LogP contribution in [0.1, 0.15) is 16.7 Å². The summed E-state index contributed by atoms with van der Waals surface area (Å²) in [5.74, 6) is 0.823. The smallest absolute Gasteiger partial charge is 0.383 e. The van der Waals surface area contributed by atoms with Crippen molar-refractivity contribution in [3.05, 3.63) is 89.5 Å². The Labute approximate surface area is 176 Å². The van der Waals surface area contributed by atoms with Gasteiger partial charge in [-0.25, -0.2) is 4.99 Å². The van der Waals surface area contributed by atoms with Crippen LogP contribution in [0, 0.1) is 6.92 Å². The fourth-order valence-electron chi connectivity index (χ4n) is 2.93. The van der Waals surface area contributed by atoms with E-state index in [-0.39, 0.29) is 5.89 Å². The average molecular weight is 422 g/mol. The van der Waals surface area contributed by atoms with Crippen LogP contribution < -0.4 is 5.73 Å². The van der Waals surface area contributed by atoms with E-state index in [9.17, 15) is 13.2 Å². The molecule has 3 aromatic carbocycles. The van der Waals surface area contributed by atoms with Gasteiger partial charge in [-0.15, -0.1) is 0 Å². The molecule has 0 spiro atoms. The van der Waals surface area contributed by atoms with Crippen LogP contribution in [0.4, 0.5) is 18.9 Å². The molecule has 1 aromatic heterocycles. The SMILES string of the molecule is Cc1ccccc1N=C(N)c1ccc(-c2noc(-c3ccc(C(F)(F)F)cc3)n2)cc1. The molecule has 4 rings (SSSR count). The summed E-state index contributed by atoms with van der Waals surface area (Å²) in [5.41, 5.74) is 9.01. The Bertz CT molecular complexity index is 1230. The monoisotopic (exact) mass is 422 g/mol. The average Bonchev–Trinajstić information content (AvgIpc) is 3.25. The molecule has 0 atom stereocenters. The van der Waals surface area contributed by atoms with E-state index in [4.69, 9.17) is 10.3 Å². The number of amidine groups is 1. The number of hydrogen-bond acceptors (Lipinski definition) is 4. The molecule has 8 heteroatoms. The fraction of sp³-hybridized carbons (Fsp3) is 0.0870. The molecule has 0 unspecified atom stereocenters. The van der Waals surface area contributed by atoms with E-state index < -0.39 is 11.7 Å². The van der Waals surface area contributed by atoms with Crippen LogP contribution in [0.15, 0.2) is 82.3 Å². The van der Waals surface area contributed by atoms with Gasteiger partial charge in [-0.2, -0.15) is 18.2 Å². The van der Waals surface area contributed by atoms with E-state index in [1.165, 1.54) is 12.1 Å². The number of benzene rings is 3. The Morgan fingerprint density at radius 2 is 1.55 bits per heavy atom. The third-order valence-electron chi connectivity index (χ3n) is 4.68. The first-order valence-electron chi connectivity index (χ1n) is 9.33. The van der Waals surface area contributed by atoms with E-state index in [2.05, 4.69) is 15.1 Å². The van der Waals surface area contributed by atoms with Gasteiger partial charge in [0.2, 0.25) is 5.82 Å². The van der Waals surface area contributed by atoms with Crippen LogP contribution >= 0.6 is 0 Å². The zero-order valence-corrected chi connectivity index (χ0v) is 16.4. The molecule has 0 aliphatic carbocycles. The lowest BCUT2D eigenvalue weighted by Crippen LogP contribution is -2.12. The number of nitrogens with two attached hydrogens (primary N) is 1. The van der Waals surface area contributed by atoms with Gasteiger partial charge in [-0.1, -0.05) is 47.6 Å². The first kappa shape index (κ1) is 20.3. The molecule has 0 saturated heterocycles. The summed E-state index contributed by atoms with van der Waals surface area (Å²) in [4.78, 5) is 8.74. The standard InChI is InChI=1S/C23H17F3N4O/c1-14-4-2-3-5-19(14)28-20(27)15-6-8-16(9-7-15)21-29-22(31-30-21)17-10-12-18(13-11-17)23(24,25)26/h2-13H,1H3,(H2,27,28). The van der Waals surface area contributed by atoms with Gasteiger partial charge in [-0.05, 0) is 42.8 Å². The number of halogens is 3. The van der Waals surface area contributed by atoms with Crippen LogP contribution in [-0.4, -0.2) is 16.0 Å². The minimum atomic E-state index is -4.40. The zero-order valence-electron chi connectivity index (χ0n) is 16.4. The van der Waals surface area contributed by atoms with Gasteiger partial charge in [0.05, 0.1) is 11.3 Å². The molecule has 1 heterocycles. The number of hydrogen-bond donors (Lipinski definition) is 1. The largest absolute Gasteiger partial charge is 0.416 e. The van der Waals surface area contributed by atoms with Crippen LogP contribution in [0.5, 0.6) is 0 Å². The molecule has 0 aliphatic rings. The van der Waals surface area contributed by atoms with Crippen LogP contribution in [0.25, 0.3) is 22.8 Å². The lowest BCUT2D eigenvalue weighted by atomic mass is 10.1. The molecule has 0 fully saturated rings. The van der Waals surface area contributed by atoms with Crippen molar-refractivity contribution in [3.8, 4) is 22.8 Å². The van der Waals surface area contributed by atoms with Crippen molar-refractivity contribution < 1.29 is 17.7 Å². The van der Waals surface area contributed by atoms with Crippen molar-refractivity contribution in [3.63, 3.8) is 0 Å². The van der Waals surface area contributed by atoms with Crippen LogP contribution in [0.2, 0.25) is 0 Å². The molecule has 0 bridgehead atoms. The topological polar surface area (TPSA) is 77.3 Å². The minimum Gasteiger partial charge on any atom is -0.383 e. The van der Waals surface area contributed by atoms with Gasteiger partial charge in [0.25, 0.3) is 5.89 Å². The summed E-state index contributed by atoms with van der Waals surface area (Å²) < 4.78 is 43.3. The Hall–Kier alpha value is -3.94. The van der Waals surface area contributed by atoms with Gasteiger partial charge < -0.3 is 10.3 Å². The predicted molar refractivity (Wildman–Crippen MR) is 112 cm³/mol. The quantitative estimate of drug-likeness (QED) is 0.335. The number of aliphatic imine (C=N–C) groups is 1. The lowest BCUT2D eigenvalue weighted by Gasteiger charge is -2.05. The number of alkyl halides is 3. The number of rotatable bonds is 4. The highest BCUT2D eigenvalue weighted by atomic mass is 19.4. The lowest BCUT2D eigenvalue weighted by molar-refractivity contribution is -0.137. The van der Waals surface area contributed by atoms with Crippen LogP contribution in [0.3, 0.4) is 0 Å². The molecule has 0 aliphatic heterocycles. The molecule has 156 valence electrons. The molecule has 4 aromatic rings. The first-order chi connectivity index (χ1) is 14.8. The number of aromatic nitrogens is 2. The van der Waals surface area contributed by atoms with E-state index in [0.717, 1.165) is 28.9 Å². The Kier molecular flexibility index (Phi) is 5.29. The molecular formula is C23H17F3N4O. The third-order valence-corrected chi connectivity index (χ3v) is 4.68. The maximum absolute atomic E-state index is 12.7. The molecule has 0 amide bonds. The highest BCUT2D eigenvalue weighted by Gasteiger charge is 2.30. The van der Waals surface area contributed by atoms with E-state index >= 15 is 0 Å². The van der Waals surface area contributed by atoms with Crippen molar-refractivity contribution in [2.75, 3.05) is 0 Å². The number of aryl methyl sites for hydroxylation is 1. The molecule has 5 nitrogen and oxygen atoms in total. The molecule has 0 saturated carbocycles. The summed E-state index contributed by atoms with van der Waals surface area (Å²) in [6.45, 7) is 1.96. The summed E-state index contributed by atoms with van der Waals surface area (Å²) in [6.07, 6.45) is -4.40. The van der Waals surface area contributed by atoms with E-state index in [1.807, 2.05) is 31.2 Å². The Morgan fingerprint density at radius 3 is 2.19 bits per heavy atom. The number of para-hydroxylation sites is 1. The highest BCUT2D eigenvalue weighted by Crippen LogP contribution is 2.31. The van der Waals surface area contributed by atoms with Gasteiger partial charge >= 0.3 is 6.18 Å². The summed E-state index contributed by atoms with van der Waals surface area (Å²) in [7, 11) is 0. The van der Waals surface area contributed by atoms with Gasteiger partial charge in [0.15, 0.2) is 0 Å². The molecule has 0 radical (unpaired) electrons. The minimum absolute atomic E-state index is 0.133. The summed E-state index contributed by atoms with van der Waals surface area (Å²) in [6, 6.07) is 19.4. The third kappa shape index (κ3) is 4.48. The second-order valence-electron chi connectivity index (χ2n) is 6.86. The Morgan fingerprint density at radius 1 is 0.903 bits per heavy atom. The maximum atomic E-state index is 12.7. The van der Waals surface area contributed by atoms with Gasteiger partial charge in [0.1, 0.15) is 5.84 Å². The molecular weight excluding hydrogens is 405 g/mol. The van der Waals surface area contributed by atoms with Crippen molar-refractivity contribution in [1.82, 2.24) is 10.1 Å². The van der Waals surface area contributed by atoms with Crippen molar-refractivity contribution >= 4 is 11.5 Å². The highest BCUT2D eigenvalue weighted by molar-refractivity contribution is 5.99. The molecule has 2 N–H and O–H groups in total. The van der Waals surface area contributed by atoms with Gasteiger partial charge in [0, 0.05) is 16.7 Å². The van der Waals surface area contributed by atoms with Crippen molar-refractivity contribution in [2.24, 2.45) is 10.7 Å². The predicted octanol–water partition coefficient (Wildman–Crippen LogP) is 5.77. The zero-order chi connectivity index (χ0) is 22.0. The molecule has 31 heavy (non-hydrogen) atoms. The second-order valence-corrected chi connectivity index (χ2v) is 6.86. The van der Waals surface area contributed by atoms with Crippen molar-refractivity contribution in [2.45, 2.75) is 13.1 Å². The van der Waals surface area contributed by atoms with E-state index in [0.29, 0.717) is 22.8 Å². The first-order valence-corrected chi connectivity index (χ1v) is 9.33. The van der Waals surface area contributed by atoms with Crippen molar-refractivity contribution in [1.29, 1.82) is 0 Å². The van der Waals surface area contributed by atoms with E-state index in [1.54, 1.807) is 24.3 Å². The fourth-order valence-corrected chi connectivity index (χ4v) is 2.93. The summed E-state index contributed by atoms with van der Waals surface area (Å²) in [5, 5.41) is 3.92. The normalized spacial score (nSPS) is 12.2. The second kappa shape index (κ2) is 8.06. The van der Waals surface area contributed by atoms with Gasteiger partial charge in [-0.3, -0.25) is 0 Å².